The number of hydrogen-bond acceptors (Lipinski definition) is 5. The van der Waals surface area contributed by atoms with E-state index in [1.165, 1.54) is 24.1 Å². The average Bonchev–Trinajstić information content (AvgIpc) is 2.40. The van der Waals surface area contributed by atoms with Gasteiger partial charge in [0.05, 0.1) is 6.61 Å². The molecule has 1 aromatic carbocycles. The Morgan fingerprint density at radius 1 is 1.30 bits per heavy atom. The van der Waals surface area contributed by atoms with Crippen LogP contribution in [0.25, 0.3) is 0 Å². The summed E-state index contributed by atoms with van der Waals surface area (Å²) in [5.41, 5.74) is 0. The van der Waals surface area contributed by atoms with Crippen molar-refractivity contribution in [2.24, 2.45) is 0 Å². The molecule has 1 unspecified atom stereocenters. The highest BCUT2D eigenvalue weighted by molar-refractivity contribution is 5.84. The minimum absolute atomic E-state index is 0.115. The summed E-state index contributed by atoms with van der Waals surface area (Å²) in [6.07, 6.45) is -0.737. The summed E-state index contributed by atoms with van der Waals surface area (Å²) < 4.78 is 10.2. The molecule has 20 heavy (non-hydrogen) atoms. The van der Waals surface area contributed by atoms with E-state index in [1.807, 2.05) is 0 Å². The van der Waals surface area contributed by atoms with Crippen LogP contribution in [0.4, 0.5) is 0 Å². The molecule has 1 rings (SSSR count). The zero-order valence-corrected chi connectivity index (χ0v) is 11.8. The van der Waals surface area contributed by atoms with E-state index in [0.717, 1.165) is 0 Å². The Kier molecular flexibility index (Phi) is 5.83. The SMILES string of the molecule is CCOC(=O)CN(C)C(=O)C(C)Oc1ccc(O)cc1. The molecule has 1 N–H and O–H groups in total. The van der Waals surface area contributed by atoms with Gasteiger partial charge in [-0.2, -0.15) is 0 Å². The lowest BCUT2D eigenvalue weighted by Gasteiger charge is -2.21. The summed E-state index contributed by atoms with van der Waals surface area (Å²) in [6, 6.07) is 6.05. The molecule has 0 spiro atoms. The van der Waals surface area contributed by atoms with E-state index < -0.39 is 12.1 Å². The summed E-state index contributed by atoms with van der Waals surface area (Å²) in [5.74, 6) is -0.199. The number of ether oxygens (including phenoxy) is 2. The first kappa shape index (κ1) is 15.8. The topological polar surface area (TPSA) is 76.1 Å². The molecule has 0 aromatic heterocycles. The molecule has 6 heteroatoms. The van der Waals surface area contributed by atoms with Gasteiger partial charge >= 0.3 is 5.97 Å². The van der Waals surface area contributed by atoms with Crippen molar-refractivity contribution in [1.29, 1.82) is 0 Å². The van der Waals surface area contributed by atoms with Gasteiger partial charge in [0.2, 0.25) is 0 Å². The van der Waals surface area contributed by atoms with Crippen LogP contribution in [-0.2, 0) is 14.3 Å². The van der Waals surface area contributed by atoms with Gasteiger partial charge in [-0.3, -0.25) is 9.59 Å². The Bertz CT molecular complexity index is 457. The Balaban J connectivity index is 2.53. The van der Waals surface area contributed by atoms with Gasteiger partial charge in [0.1, 0.15) is 18.0 Å². The van der Waals surface area contributed by atoms with Crippen molar-refractivity contribution in [1.82, 2.24) is 4.90 Å². The van der Waals surface area contributed by atoms with Crippen LogP contribution < -0.4 is 4.74 Å². The number of esters is 1. The lowest BCUT2D eigenvalue weighted by Crippen LogP contribution is -2.41. The Hall–Kier alpha value is -2.24. The van der Waals surface area contributed by atoms with Crippen molar-refractivity contribution in [2.45, 2.75) is 20.0 Å². The third-order valence-electron chi connectivity index (χ3n) is 2.55. The van der Waals surface area contributed by atoms with Crippen LogP contribution in [0.5, 0.6) is 11.5 Å². The zero-order valence-electron chi connectivity index (χ0n) is 11.8. The molecule has 0 bridgehead atoms. The summed E-state index contributed by atoms with van der Waals surface area (Å²) >= 11 is 0. The molecule has 1 amide bonds. The van der Waals surface area contributed by atoms with Gasteiger partial charge in [0.15, 0.2) is 6.10 Å². The second-order valence-electron chi connectivity index (χ2n) is 4.25. The molecule has 0 fully saturated rings. The van der Waals surface area contributed by atoms with Gasteiger partial charge in [0, 0.05) is 7.05 Å². The van der Waals surface area contributed by atoms with Crippen molar-refractivity contribution in [3.63, 3.8) is 0 Å². The number of likely N-dealkylation sites (N-methyl/N-ethyl adjacent to an activating group) is 1. The third-order valence-corrected chi connectivity index (χ3v) is 2.55. The lowest BCUT2D eigenvalue weighted by atomic mass is 10.3. The highest BCUT2D eigenvalue weighted by Crippen LogP contribution is 2.17. The van der Waals surface area contributed by atoms with Gasteiger partial charge in [-0.1, -0.05) is 0 Å². The largest absolute Gasteiger partial charge is 0.508 e. The number of phenols is 1. The van der Waals surface area contributed by atoms with E-state index >= 15 is 0 Å². The van der Waals surface area contributed by atoms with Crippen LogP contribution in [0.2, 0.25) is 0 Å². The molecule has 0 aliphatic carbocycles. The second-order valence-corrected chi connectivity index (χ2v) is 4.25. The summed E-state index contributed by atoms with van der Waals surface area (Å²) in [6.45, 7) is 3.46. The molecule has 1 aromatic rings. The number of phenolic OH excluding ortho intramolecular Hbond substituents is 1. The quantitative estimate of drug-likeness (QED) is 0.792. The van der Waals surface area contributed by atoms with Crippen LogP contribution in [0, 0.1) is 0 Å². The van der Waals surface area contributed by atoms with Crippen molar-refractivity contribution < 1.29 is 24.2 Å². The van der Waals surface area contributed by atoms with Gasteiger partial charge in [-0.15, -0.1) is 0 Å². The van der Waals surface area contributed by atoms with Crippen molar-refractivity contribution in [3.8, 4) is 11.5 Å². The third kappa shape index (κ3) is 4.79. The molecule has 0 saturated heterocycles. The number of aromatic hydroxyl groups is 1. The second kappa shape index (κ2) is 7.37. The van der Waals surface area contributed by atoms with Crippen LogP contribution in [0.1, 0.15) is 13.8 Å². The van der Waals surface area contributed by atoms with E-state index in [2.05, 4.69) is 0 Å². The number of nitrogens with zero attached hydrogens (tertiary/aromatic N) is 1. The van der Waals surface area contributed by atoms with E-state index in [0.29, 0.717) is 5.75 Å². The Morgan fingerprint density at radius 3 is 2.45 bits per heavy atom. The smallest absolute Gasteiger partial charge is 0.325 e. The Morgan fingerprint density at radius 2 is 1.90 bits per heavy atom. The summed E-state index contributed by atoms with van der Waals surface area (Å²) in [7, 11) is 1.51. The monoisotopic (exact) mass is 281 g/mol. The molecule has 0 saturated carbocycles. The number of hydrogen-bond donors (Lipinski definition) is 1. The number of amides is 1. The van der Waals surface area contributed by atoms with E-state index in [9.17, 15) is 9.59 Å². The maximum absolute atomic E-state index is 12.0. The highest BCUT2D eigenvalue weighted by Gasteiger charge is 2.21. The minimum Gasteiger partial charge on any atom is -0.508 e. The van der Waals surface area contributed by atoms with E-state index in [-0.39, 0.29) is 24.8 Å². The standard InChI is InChI=1S/C14H19NO5/c1-4-19-13(17)9-15(3)14(18)10(2)20-12-7-5-11(16)6-8-12/h5-8,10,16H,4,9H2,1-3H3. The van der Waals surface area contributed by atoms with Crippen molar-refractivity contribution in [3.05, 3.63) is 24.3 Å². The molecule has 6 nitrogen and oxygen atoms in total. The number of carbonyl (C=O) groups excluding carboxylic acids is 2. The van der Waals surface area contributed by atoms with Crippen LogP contribution in [-0.4, -0.2) is 48.2 Å². The first-order valence-corrected chi connectivity index (χ1v) is 6.30. The number of rotatable bonds is 6. The van der Waals surface area contributed by atoms with Crippen LogP contribution in [0.15, 0.2) is 24.3 Å². The maximum Gasteiger partial charge on any atom is 0.325 e. The maximum atomic E-state index is 12.0. The first-order valence-electron chi connectivity index (χ1n) is 6.30. The fourth-order valence-corrected chi connectivity index (χ4v) is 1.57. The molecule has 1 atom stereocenters. The first-order chi connectivity index (χ1) is 9.43. The molecule has 110 valence electrons. The molecule has 0 radical (unpaired) electrons. The predicted octanol–water partition coefficient (Wildman–Crippen LogP) is 1.18. The normalized spacial score (nSPS) is 11.6. The van der Waals surface area contributed by atoms with Crippen LogP contribution >= 0.6 is 0 Å². The molecule has 0 heterocycles. The minimum atomic E-state index is -0.737. The van der Waals surface area contributed by atoms with E-state index in [4.69, 9.17) is 14.6 Å². The number of carbonyl (C=O) groups is 2. The predicted molar refractivity (Wildman–Crippen MR) is 72.5 cm³/mol. The van der Waals surface area contributed by atoms with Crippen molar-refractivity contribution >= 4 is 11.9 Å². The van der Waals surface area contributed by atoms with Gasteiger partial charge in [-0.05, 0) is 38.1 Å². The molecule has 0 aliphatic heterocycles. The summed E-state index contributed by atoms with van der Waals surface area (Å²) in [5, 5.41) is 9.16. The fourth-order valence-electron chi connectivity index (χ4n) is 1.57. The lowest BCUT2D eigenvalue weighted by molar-refractivity contribution is -0.150. The van der Waals surface area contributed by atoms with Gasteiger partial charge in [-0.25, -0.2) is 0 Å². The average molecular weight is 281 g/mol. The zero-order chi connectivity index (χ0) is 15.1. The van der Waals surface area contributed by atoms with Gasteiger partial charge in [0.25, 0.3) is 5.91 Å². The molecule has 0 aliphatic rings. The summed E-state index contributed by atoms with van der Waals surface area (Å²) in [4.78, 5) is 24.5. The molecular weight excluding hydrogens is 262 g/mol. The van der Waals surface area contributed by atoms with Gasteiger partial charge < -0.3 is 19.5 Å². The van der Waals surface area contributed by atoms with Crippen LogP contribution in [0.3, 0.4) is 0 Å². The highest BCUT2D eigenvalue weighted by atomic mass is 16.5. The number of benzene rings is 1. The van der Waals surface area contributed by atoms with E-state index in [1.54, 1.807) is 26.0 Å². The molecular formula is C14H19NO5. The Labute approximate surface area is 117 Å². The fraction of sp³-hybridized carbons (Fsp3) is 0.429. The van der Waals surface area contributed by atoms with Crippen molar-refractivity contribution in [2.75, 3.05) is 20.2 Å².